The molecule has 3 aromatic rings. The van der Waals surface area contributed by atoms with Gasteiger partial charge in [-0.3, -0.25) is 4.79 Å². The van der Waals surface area contributed by atoms with E-state index in [-0.39, 0.29) is 12.2 Å². The molecule has 0 spiro atoms. The lowest BCUT2D eigenvalue weighted by atomic mass is 9.95. The summed E-state index contributed by atoms with van der Waals surface area (Å²) in [5.41, 5.74) is 7.60. The molecule has 2 heterocycles. The average Bonchev–Trinajstić information content (AvgIpc) is 3.23. The summed E-state index contributed by atoms with van der Waals surface area (Å²) in [6.07, 6.45) is 1.59. The number of amides is 3. The summed E-state index contributed by atoms with van der Waals surface area (Å²) in [6, 6.07) is 13.7. The fraction of sp³-hybridized carbons (Fsp3) is 0.241. The van der Waals surface area contributed by atoms with Crippen molar-refractivity contribution in [1.29, 1.82) is 0 Å². The van der Waals surface area contributed by atoms with Gasteiger partial charge in [0.25, 0.3) is 5.91 Å². The largest absolute Gasteiger partial charge is 0.493 e. The van der Waals surface area contributed by atoms with Crippen molar-refractivity contribution in [2.24, 2.45) is 5.10 Å². The fourth-order valence-corrected chi connectivity index (χ4v) is 4.83. The van der Waals surface area contributed by atoms with Crippen molar-refractivity contribution in [3.63, 3.8) is 0 Å². The maximum Gasteiger partial charge on any atom is 0.337 e. The molecular weight excluding hydrogens is 594 g/mol. The zero-order chi connectivity index (χ0) is 29.7. The maximum atomic E-state index is 12.4. The van der Waals surface area contributed by atoms with Gasteiger partial charge < -0.3 is 29.4 Å². The molecule has 3 amide bonds. The van der Waals surface area contributed by atoms with E-state index in [2.05, 4.69) is 41.7 Å². The van der Waals surface area contributed by atoms with E-state index in [1.165, 1.54) is 14.2 Å². The van der Waals surface area contributed by atoms with Crippen LogP contribution in [-0.2, 0) is 14.3 Å². The molecule has 0 radical (unpaired) electrons. The minimum absolute atomic E-state index is 0.262. The number of nitrogens with one attached hydrogen (secondary N) is 3. The number of hydrogen-bond donors (Lipinski definition) is 3. The van der Waals surface area contributed by atoms with Crippen LogP contribution in [0.2, 0.25) is 0 Å². The van der Waals surface area contributed by atoms with Gasteiger partial charge in [-0.2, -0.15) is 5.10 Å². The summed E-state index contributed by atoms with van der Waals surface area (Å²) in [4.78, 5) is 36.9. The Hall–Kier alpha value is -4.58. The third kappa shape index (κ3) is 6.60. The standard InChI is InChI=1S/C29H30BrN5O6/c1-16-12-20(18(3)35(16)22-9-7-21(30)8-10-22)14-31-34-25(36)15-41-23-11-6-19(13-24(23)39-4)27-26(28(37)40-5)17(2)32-29(38)33-27/h6-14,27H,15H2,1-5H3,(H,34,36)(H2,32,33,38)/b31-14-/t27-/m0/s1. The van der Waals surface area contributed by atoms with Gasteiger partial charge in [0.1, 0.15) is 0 Å². The van der Waals surface area contributed by atoms with E-state index in [1.807, 2.05) is 44.2 Å². The van der Waals surface area contributed by atoms with Crippen LogP contribution in [0.5, 0.6) is 11.5 Å². The molecule has 4 rings (SSSR count). The molecule has 0 saturated carbocycles. The Morgan fingerprint density at radius 2 is 1.80 bits per heavy atom. The van der Waals surface area contributed by atoms with Crippen molar-refractivity contribution in [1.82, 2.24) is 20.6 Å². The van der Waals surface area contributed by atoms with Crippen molar-refractivity contribution >= 4 is 40.1 Å². The van der Waals surface area contributed by atoms with E-state index in [0.717, 1.165) is 27.1 Å². The molecule has 1 aliphatic rings. The fourth-order valence-electron chi connectivity index (χ4n) is 4.56. The number of hydrogen-bond acceptors (Lipinski definition) is 7. The number of carbonyl (C=O) groups excluding carboxylic acids is 3. The Kier molecular flexibility index (Phi) is 9.13. The highest BCUT2D eigenvalue weighted by atomic mass is 79.9. The Morgan fingerprint density at radius 1 is 1.07 bits per heavy atom. The summed E-state index contributed by atoms with van der Waals surface area (Å²) in [5, 5.41) is 9.38. The average molecular weight is 624 g/mol. The van der Waals surface area contributed by atoms with Crippen LogP contribution in [0, 0.1) is 13.8 Å². The Balaban J connectivity index is 1.41. The molecule has 1 aliphatic heterocycles. The molecular formula is C29H30BrN5O6. The van der Waals surface area contributed by atoms with E-state index in [4.69, 9.17) is 14.2 Å². The van der Waals surface area contributed by atoms with Gasteiger partial charge in [-0.1, -0.05) is 22.0 Å². The summed E-state index contributed by atoms with van der Waals surface area (Å²) < 4.78 is 19.1. The van der Waals surface area contributed by atoms with Crippen molar-refractivity contribution in [2.75, 3.05) is 20.8 Å². The third-order valence-electron chi connectivity index (χ3n) is 6.50. The van der Waals surface area contributed by atoms with Crippen LogP contribution in [0.15, 0.2) is 69.4 Å². The number of aryl methyl sites for hydroxylation is 1. The zero-order valence-electron chi connectivity index (χ0n) is 23.2. The van der Waals surface area contributed by atoms with E-state index >= 15 is 0 Å². The van der Waals surface area contributed by atoms with E-state index in [0.29, 0.717) is 22.8 Å². The van der Waals surface area contributed by atoms with Gasteiger partial charge >= 0.3 is 12.0 Å². The van der Waals surface area contributed by atoms with Gasteiger partial charge in [0.05, 0.1) is 32.0 Å². The zero-order valence-corrected chi connectivity index (χ0v) is 24.8. The number of nitrogens with zero attached hydrogens (tertiary/aromatic N) is 2. The van der Waals surface area contributed by atoms with Gasteiger partial charge in [-0.05, 0) is 68.8 Å². The molecule has 0 unspecified atom stereocenters. The second-order valence-electron chi connectivity index (χ2n) is 9.19. The number of esters is 1. The Bertz CT molecular complexity index is 1540. The first kappa shape index (κ1) is 29.4. The SMILES string of the molecule is COC(=O)C1=C(C)NC(=O)N[C@H]1c1ccc(OCC(=O)N/N=C\c2cc(C)n(-c3ccc(Br)cc3)c2C)c(OC)c1. The molecule has 0 fully saturated rings. The van der Waals surface area contributed by atoms with E-state index in [9.17, 15) is 14.4 Å². The first-order valence-electron chi connectivity index (χ1n) is 12.6. The second-order valence-corrected chi connectivity index (χ2v) is 10.1. The molecule has 12 heteroatoms. The smallest absolute Gasteiger partial charge is 0.337 e. The van der Waals surface area contributed by atoms with Crippen LogP contribution in [0.25, 0.3) is 5.69 Å². The van der Waals surface area contributed by atoms with Crippen LogP contribution < -0.4 is 25.5 Å². The number of aromatic nitrogens is 1. The van der Waals surface area contributed by atoms with Crippen LogP contribution in [0.1, 0.15) is 35.5 Å². The molecule has 1 aromatic heterocycles. The molecule has 3 N–H and O–H groups in total. The Morgan fingerprint density at radius 3 is 2.49 bits per heavy atom. The van der Waals surface area contributed by atoms with Crippen LogP contribution in [0.4, 0.5) is 4.79 Å². The van der Waals surface area contributed by atoms with Gasteiger partial charge in [0, 0.05) is 32.8 Å². The number of rotatable bonds is 9. The number of hydrazone groups is 1. The summed E-state index contributed by atoms with van der Waals surface area (Å²) in [6.45, 7) is 5.29. The topological polar surface area (TPSA) is 132 Å². The third-order valence-corrected chi connectivity index (χ3v) is 7.03. The highest BCUT2D eigenvalue weighted by molar-refractivity contribution is 9.10. The highest BCUT2D eigenvalue weighted by Crippen LogP contribution is 2.34. The minimum atomic E-state index is -0.762. The predicted octanol–water partition coefficient (Wildman–Crippen LogP) is 4.20. The molecule has 2 aromatic carbocycles. The number of halogens is 1. The summed E-state index contributed by atoms with van der Waals surface area (Å²) in [5.74, 6) is -0.430. The first-order valence-corrected chi connectivity index (χ1v) is 13.4. The lowest BCUT2D eigenvalue weighted by Crippen LogP contribution is -2.45. The van der Waals surface area contributed by atoms with Crippen molar-refractivity contribution in [3.8, 4) is 17.2 Å². The van der Waals surface area contributed by atoms with Gasteiger partial charge in [-0.15, -0.1) is 0 Å². The molecule has 0 aliphatic carbocycles. The van der Waals surface area contributed by atoms with Crippen molar-refractivity contribution in [2.45, 2.75) is 26.8 Å². The van der Waals surface area contributed by atoms with Gasteiger partial charge in [0.15, 0.2) is 18.1 Å². The lowest BCUT2D eigenvalue weighted by Gasteiger charge is -2.28. The number of methoxy groups -OCH3 is 2. The predicted molar refractivity (Wildman–Crippen MR) is 156 cm³/mol. The molecule has 11 nitrogen and oxygen atoms in total. The minimum Gasteiger partial charge on any atom is -0.493 e. The quantitative estimate of drug-likeness (QED) is 0.186. The normalized spacial score (nSPS) is 14.9. The molecule has 0 bridgehead atoms. The number of benzene rings is 2. The first-order chi connectivity index (χ1) is 19.6. The van der Waals surface area contributed by atoms with Crippen LogP contribution in [0.3, 0.4) is 0 Å². The molecule has 41 heavy (non-hydrogen) atoms. The summed E-state index contributed by atoms with van der Waals surface area (Å²) in [7, 11) is 2.72. The number of urea groups is 1. The lowest BCUT2D eigenvalue weighted by molar-refractivity contribution is -0.136. The second kappa shape index (κ2) is 12.7. The van der Waals surface area contributed by atoms with E-state index in [1.54, 1.807) is 31.3 Å². The summed E-state index contributed by atoms with van der Waals surface area (Å²) >= 11 is 3.46. The number of allylic oxidation sites excluding steroid dienone is 1. The van der Waals surface area contributed by atoms with Crippen LogP contribution >= 0.6 is 15.9 Å². The maximum absolute atomic E-state index is 12.4. The molecule has 214 valence electrons. The van der Waals surface area contributed by atoms with Crippen LogP contribution in [-0.4, -0.2) is 49.5 Å². The van der Waals surface area contributed by atoms with Gasteiger partial charge in [0.2, 0.25) is 0 Å². The Labute approximate surface area is 245 Å². The number of ether oxygens (including phenoxy) is 3. The highest BCUT2D eigenvalue weighted by Gasteiger charge is 2.32. The monoisotopic (exact) mass is 623 g/mol. The van der Waals surface area contributed by atoms with Crippen molar-refractivity contribution in [3.05, 3.63) is 86.8 Å². The van der Waals surface area contributed by atoms with Crippen molar-refractivity contribution < 1.29 is 28.6 Å². The molecule has 0 saturated heterocycles. The van der Waals surface area contributed by atoms with Gasteiger partial charge in [-0.25, -0.2) is 15.0 Å². The molecule has 1 atom stereocenters. The van der Waals surface area contributed by atoms with E-state index < -0.39 is 23.9 Å². The number of carbonyl (C=O) groups is 3.